The lowest BCUT2D eigenvalue weighted by Gasteiger charge is -2.39. The zero-order valence-corrected chi connectivity index (χ0v) is 17.0. The predicted octanol–water partition coefficient (Wildman–Crippen LogP) is 5.17. The largest absolute Gasteiger partial charge is 0.336 e. The molecule has 0 radical (unpaired) electrons. The van der Waals surface area contributed by atoms with E-state index in [2.05, 4.69) is 17.0 Å². The van der Waals surface area contributed by atoms with Gasteiger partial charge in [-0.1, -0.05) is 60.1 Å². The van der Waals surface area contributed by atoms with Crippen LogP contribution in [-0.4, -0.2) is 41.9 Å². The van der Waals surface area contributed by atoms with Crippen molar-refractivity contribution in [1.82, 2.24) is 9.80 Å². The fourth-order valence-electron chi connectivity index (χ4n) is 3.94. The van der Waals surface area contributed by atoms with E-state index in [0.29, 0.717) is 31.2 Å². The van der Waals surface area contributed by atoms with Gasteiger partial charge in [0.25, 0.3) is 5.91 Å². The summed E-state index contributed by atoms with van der Waals surface area (Å²) in [7, 11) is 0. The van der Waals surface area contributed by atoms with Crippen molar-refractivity contribution < 1.29 is 13.6 Å². The molecule has 1 unspecified atom stereocenters. The molecule has 1 fully saturated rings. The van der Waals surface area contributed by atoms with Crippen molar-refractivity contribution in [3.05, 3.63) is 106 Å². The summed E-state index contributed by atoms with van der Waals surface area (Å²) in [6.07, 6.45) is 0. The fourth-order valence-corrected chi connectivity index (χ4v) is 4.06. The molecule has 6 heteroatoms. The van der Waals surface area contributed by atoms with Crippen molar-refractivity contribution in [1.29, 1.82) is 0 Å². The predicted molar refractivity (Wildman–Crippen MR) is 114 cm³/mol. The summed E-state index contributed by atoms with van der Waals surface area (Å²) >= 11 is 6.07. The maximum Gasteiger partial charge on any atom is 0.259 e. The van der Waals surface area contributed by atoms with E-state index in [1.54, 1.807) is 0 Å². The molecule has 3 aromatic carbocycles. The van der Waals surface area contributed by atoms with E-state index >= 15 is 0 Å². The van der Waals surface area contributed by atoms with Crippen molar-refractivity contribution in [3.63, 3.8) is 0 Å². The Bertz CT molecular complexity index is 999. The van der Waals surface area contributed by atoms with Gasteiger partial charge in [-0.15, -0.1) is 0 Å². The van der Waals surface area contributed by atoms with E-state index in [0.717, 1.165) is 23.3 Å². The third kappa shape index (κ3) is 4.23. The van der Waals surface area contributed by atoms with Crippen LogP contribution in [0.4, 0.5) is 8.78 Å². The van der Waals surface area contributed by atoms with E-state index in [-0.39, 0.29) is 6.04 Å². The van der Waals surface area contributed by atoms with Crippen LogP contribution in [0.5, 0.6) is 0 Å². The number of hydrogen-bond donors (Lipinski definition) is 0. The molecule has 0 spiro atoms. The van der Waals surface area contributed by atoms with Gasteiger partial charge < -0.3 is 4.90 Å². The second kappa shape index (κ2) is 8.94. The van der Waals surface area contributed by atoms with Crippen LogP contribution in [0.3, 0.4) is 0 Å². The lowest BCUT2D eigenvalue weighted by molar-refractivity contribution is 0.0588. The SMILES string of the molecule is O=C(c1c(F)cccc1F)N1CCN(C(c2ccccc2)c2ccc(Cl)cc2)CC1. The fraction of sp³-hybridized carbons (Fsp3) is 0.208. The van der Waals surface area contributed by atoms with Crippen molar-refractivity contribution in [3.8, 4) is 0 Å². The number of carbonyl (C=O) groups excluding carboxylic acids is 1. The third-order valence-electron chi connectivity index (χ3n) is 5.44. The maximum absolute atomic E-state index is 14.0. The Morgan fingerprint density at radius 2 is 1.33 bits per heavy atom. The van der Waals surface area contributed by atoms with Crippen LogP contribution in [0.15, 0.2) is 72.8 Å². The molecule has 1 aliphatic heterocycles. The first-order valence-electron chi connectivity index (χ1n) is 9.82. The molecule has 0 aromatic heterocycles. The Hall–Kier alpha value is -2.76. The molecule has 0 N–H and O–H groups in total. The van der Waals surface area contributed by atoms with E-state index in [1.807, 2.05) is 42.5 Å². The Kier molecular flexibility index (Phi) is 6.11. The summed E-state index contributed by atoms with van der Waals surface area (Å²) in [6.45, 7) is 1.96. The van der Waals surface area contributed by atoms with E-state index in [4.69, 9.17) is 11.6 Å². The molecular formula is C24H21ClF2N2O. The van der Waals surface area contributed by atoms with Gasteiger partial charge in [0.05, 0.1) is 6.04 Å². The van der Waals surface area contributed by atoms with Gasteiger partial charge in [-0.25, -0.2) is 8.78 Å². The van der Waals surface area contributed by atoms with Gasteiger partial charge in [-0.05, 0) is 35.4 Å². The highest BCUT2D eigenvalue weighted by molar-refractivity contribution is 6.30. The number of piperazine rings is 1. The van der Waals surface area contributed by atoms with Gasteiger partial charge in [0, 0.05) is 31.2 Å². The zero-order chi connectivity index (χ0) is 21.1. The molecule has 154 valence electrons. The molecule has 3 nitrogen and oxygen atoms in total. The highest BCUT2D eigenvalue weighted by Gasteiger charge is 2.30. The lowest BCUT2D eigenvalue weighted by atomic mass is 9.96. The van der Waals surface area contributed by atoms with Crippen molar-refractivity contribution in [2.24, 2.45) is 0 Å². The summed E-state index contributed by atoms with van der Waals surface area (Å²) < 4.78 is 28.1. The first-order chi connectivity index (χ1) is 14.5. The Morgan fingerprint density at radius 1 is 0.767 bits per heavy atom. The molecule has 0 saturated carbocycles. The monoisotopic (exact) mass is 426 g/mol. The van der Waals surface area contributed by atoms with Gasteiger partial charge in [-0.2, -0.15) is 0 Å². The normalized spacial score (nSPS) is 15.8. The van der Waals surface area contributed by atoms with Crippen LogP contribution in [0.2, 0.25) is 5.02 Å². The third-order valence-corrected chi connectivity index (χ3v) is 5.70. The summed E-state index contributed by atoms with van der Waals surface area (Å²) in [5.74, 6) is -2.26. The van der Waals surface area contributed by atoms with Crippen molar-refractivity contribution in [2.45, 2.75) is 6.04 Å². The summed E-state index contributed by atoms with van der Waals surface area (Å²) in [5, 5.41) is 0.674. The van der Waals surface area contributed by atoms with Crippen LogP contribution in [0, 0.1) is 11.6 Å². The number of nitrogens with zero attached hydrogens (tertiary/aromatic N) is 2. The van der Waals surface area contributed by atoms with Crippen LogP contribution in [-0.2, 0) is 0 Å². The van der Waals surface area contributed by atoms with Crippen LogP contribution in [0.1, 0.15) is 27.5 Å². The van der Waals surface area contributed by atoms with Crippen LogP contribution >= 0.6 is 11.6 Å². The van der Waals surface area contributed by atoms with Crippen molar-refractivity contribution >= 4 is 17.5 Å². The van der Waals surface area contributed by atoms with E-state index in [1.165, 1.54) is 11.0 Å². The first kappa shape index (κ1) is 20.5. The summed E-state index contributed by atoms with van der Waals surface area (Å²) in [6, 6.07) is 21.4. The van der Waals surface area contributed by atoms with Crippen LogP contribution in [0.25, 0.3) is 0 Å². The van der Waals surface area contributed by atoms with Gasteiger partial charge in [0.15, 0.2) is 0 Å². The van der Waals surface area contributed by atoms with Gasteiger partial charge in [0.2, 0.25) is 0 Å². The molecule has 1 amide bonds. The summed E-state index contributed by atoms with van der Waals surface area (Å²) in [5.41, 5.74) is 1.76. The van der Waals surface area contributed by atoms with Gasteiger partial charge in [-0.3, -0.25) is 9.69 Å². The molecule has 1 heterocycles. The number of hydrogen-bond acceptors (Lipinski definition) is 2. The second-order valence-corrected chi connectivity index (χ2v) is 7.73. The second-order valence-electron chi connectivity index (χ2n) is 7.29. The maximum atomic E-state index is 14.0. The standard InChI is InChI=1S/C24H21ClF2N2O/c25-19-11-9-18(10-12-19)23(17-5-2-1-3-6-17)28-13-15-29(16-14-28)24(30)22-20(26)7-4-8-21(22)27/h1-12,23H,13-16H2. The van der Waals surface area contributed by atoms with E-state index < -0.39 is 23.1 Å². The minimum Gasteiger partial charge on any atom is -0.336 e. The smallest absolute Gasteiger partial charge is 0.259 e. The van der Waals surface area contributed by atoms with Gasteiger partial charge in [0.1, 0.15) is 17.2 Å². The lowest BCUT2D eigenvalue weighted by Crippen LogP contribution is -2.50. The molecule has 1 atom stereocenters. The number of halogens is 3. The highest BCUT2D eigenvalue weighted by atomic mass is 35.5. The average Bonchev–Trinajstić information content (AvgIpc) is 2.76. The Morgan fingerprint density at radius 3 is 1.93 bits per heavy atom. The van der Waals surface area contributed by atoms with Crippen molar-refractivity contribution in [2.75, 3.05) is 26.2 Å². The van der Waals surface area contributed by atoms with Gasteiger partial charge >= 0.3 is 0 Å². The summed E-state index contributed by atoms with van der Waals surface area (Å²) in [4.78, 5) is 16.5. The number of amides is 1. The number of rotatable bonds is 4. The Labute approximate surface area is 179 Å². The molecular weight excluding hydrogens is 406 g/mol. The molecule has 0 bridgehead atoms. The molecule has 4 rings (SSSR count). The molecule has 1 saturated heterocycles. The number of carbonyl (C=O) groups is 1. The minimum absolute atomic E-state index is 0.00548. The minimum atomic E-state index is -0.828. The number of benzene rings is 3. The molecule has 0 aliphatic carbocycles. The highest BCUT2D eigenvalue weighted by Crippen LogP contribution is 2.30. The van der Waals surface area contributed by atoms with E-state index in [9.17, 15) is 13.6 Å². The van der Waals surface area contributed by atoms with Crippen LogP contribution < -0.4 is 0 Å². The topological polar surface area (TPSA) is 23.6 Å². The first-order valence-corrected chi connectivity index (χ1v) is 10.2. The average molecular weight is 427 g/mol. The zero-order valence-electron chi connectivity index (χ0n) is 16.3. The molecule has 1 aliphatic rings. The molecule has 30 heavy (non-hydrogen) atoms. The Balaban J connectivity index is 1.54. The quantitative estimate of drug-likeness (QED) is 0.575. The molecule has 3 aromatic rings.